The average molecular weight is 462 g/mol. The number of amidine groups is 1. The van der Waals surface area contributed by atoms with E-state index in [1.165, 1.54) is 0 Å². The Hall–Kier alpha value is -1.73. The van der Waals surface area contributed by atoms with Crippen LogP contribution in [0.2, 0.25) is 0 Å². The molecular formula is C21H24BrN3O2S. The highest BCUT2D eigenvalue weighted by Crippen LogP contribution is 2.50. The van der Waals surface area contributed by atoms with Gasteiger partial charge in [-0.1, -0.05) is 24.8 Å². The standard InChI is InChI=1S/C21H24BrN3O2S/c1-4-14-12-28-21-24-18(16-8-6-7-9-23-16)19(25(14)21)13-10-15(22)20(26-3)17(11-13)27-5-2/h6-11,14,18-19H,4-5,12H2,1-3H3/t14-,18+,19-/m1/s1. The number of fused-ring (bicyclic) bond motifs is 1. The van der Waals surface area contributed by atoms with Crippen molar-refractivity contribution in [3.8, 4) is 11.5 Å². The van der Waals surface area contributed by atoms with E-state index >= 15 is 0 Å². The molecule has 0 aliphatic carbocycles. The van der Waals surface area contributed by atoms with Crippen LogP contribution >= 0.6 is 27.7 Å². The van der Waals surface area contributed by atoms with Crippen molar-refractivity contribution in [2.45, 2.75) is 38.4 Å². The minimum Gasteiger partial charge on any atom is -0.492 e. The number of aromatic nitrogens is 1. The van der Waals surface area contributed by atoms with E-state index in [2.05, 4.69) is 50.9 Å². The zero-order valence-corrected chi connectivity index (χ0v) is 18.7. The van der Waals surface area contributed by atoms with Crippen molar-refractivity contribution >= 4 is 32.9 Å². The molecule has 0 N–H and O–H groups in total. The minimum absolute atomic E-state index is 0.0344. The Labute approximate surface area is 178 Å². The second-order valence-corrected chi connectivity index (χ2v) is 8.64. The summed E-state index contributed by atoms with van der Waals surface area (Å²) in [5.74, 6) is 2.56. The van der Waals surface area contributed by atoms with Crippen molar-refractivity contribution in [1.29, 1.82) is 0 Å². The highest BCUT2D eigenvalue weighted by molar-refractivity contribution is 9.10. The number of benzene rings is 1. The van der Waals surface area contributed by atoms with Crippen LogP contribution in [0.4, 0.5) is 0 Å². The van der Waals surface area contributed by atoms with E-state index in [0.717, 1.165) is 44.6 Å². The van der Waals surface area contributed by atoms with E-state index in [9.17, 15) is 0 Å². The van der Waals surface area contributed by atoms with Crippen molar-refractivity contribution in [2.75, 3.05) is 19.5 Å². The van der Waals surface area contributed by atoms with Gasteiger partial charge in [-0.15, -0.1) is 0 Å². The third-order valence-electron chi connectivity index (χ3n) is 5.21. The molecule has 7 heteroatoms. The smallest absolute Gasteiger partial charge is 0.174 e. The van der Waals surface area contributed by atoms with Crippen LogP contribution in [0, 0.1) is 0 Å². The van der Waals surface area contributed by atoms with E-state index in [-0.39, 0.29) is 12.1 Å². The van der Waals surface area contributed by atoms with E-state index < -0.39 is 0 Å². The number of hydrogen-bond donors (Lipinski definition) is 0. The Kier molecular flexibility index (Phi) is 5.83. The van der Waals surface area contributed by atoms with Gasteiger partial charge in [0.05, 0.1) is 29.9 Å². The Morgan fingerprint density at radius 2 is 2.14 bits per heavy atom. The largest absolute Gasteiger partial charge is 0.492 e. The first-order valence-electron chi connectivity index (χ1n) is 9.58. The Morgan fingerprint density at radius 3 is 2.82 bits per heavy atom. The summed E-state index contributed by atoms with van der Waals surface area (Å²) in [6.07, 6.45) is 2.93. The molecule has 0 amide bonds. The lowest BCUT2D eigenvalue weighted by molar-refractivity contribution is 0.253. The maximum atomic E-state index is 5.88. The molecule has 0 saturated carbocycles. The molecule has 5 nitrogen and oxygen atoms in total. The summed E-state index contributed by atoms with van der Waals surface area (Å²) in [7, 11) is 1.67. The zero-order valence-electron chi connectivity index (χ0n) is 16.3. The number of rotatable bonds is 6. The quantitative estimate of drug-likeness (QED) is 0.588. The summed E-state index contributed by atoms with van der Waals surface area (Å²) in [5, 5.41) is 1.12. The number of thioether (sulfide) groups is 1. The highest BCUT2D eigenvalue weighted by atomic mass is 79.9. The molecule has 3 atom stereocenters. The van der Waals surface area contributed by atoms with Gasteiger partial charge in [0.25, 0.3) is 0 Å². The van der Waals surface area contributed by atoms with E-state index in [4.69, 9.17) is 14.5 Å². The summed E-state index contributed by atoms with van der Waals surface area (Å²) in [4.78, 5) is 12.2. The lowest BCUT2D eigenvalue weighted by Gasteiger charge is -2.32. The third kappa shape index (κ3) is 3.39. The number of aliphatic imine (C=N–C) groups is 1. The van der Waals surface area contributed by atoms with E-state index in [1.807, 2.05) is 37.0 Å². The van der Waals surface area contributed by atoms with E-state index in [1.54, 1.807) is 7.11 Å². The maximum Gasteiger partial charge on any atom is 0.174 e. The lowest BCUT2D eigenvalue weighted by Crippen LogP contribution is -2.35. The van der Waals surface area contributed by atoms with Crippen molar-refractivity contribution < 1.29 is 9.47 Å². The van der Waals surface area contributed by atoms with Crippen molar-refractivity contribution in [3.63, 3.8) is 0 Å². The van der Waals surface area contributed by atoms with Gasteiger partial charge < -0.3 is 14.4 Å². The monoisotopic (exact) mass is 461 g/mol. The zero-order chi connectivity index (χ0) is 19.7. The average Bonchev–Trinajstić information content (AvgIpc) is 3.27. The molecule has 3 heterocycles. The molecule has 1 fully saturated rings. The number of hydrogen-bond acceptors (Lipinski definition) is 6. The molecule has 2 aromatic rings. The second-order valence-electron chi connectivity index (χ2n) is 6.80. The van der Waals surface area contributed by atoms with Crippen molar-refractivity contribution in [3.05, 3.63) is 52.3 Å². The van der Waals surface area contributed by atoms with Crippen LogP contribution in [0.25, 0.3) is 0 Å². The third-order valence-corrected chi connectivity index (χ3v) is 6.92. The summed E-state index contributed by atoms with van der Waals surface area (Å²) >= 11 is 5.52. The van der Waals surface area contributed by atoms with Gasteiger partial charge in [-0.2, -0.15) is 0 Å². The van der Waals surface area contributed by atoms with Crippen LogP contribution in [0.1, 0.15) is 43.6 Å². The molecule has 0 unspecified atom stereocenters. The first-order valence-corrected chi connectivity index (χ1v) is 11.4. The number of halogens is 1. The van der Waals surface area contributed by atoms with Gasteiger partial charge in [0.1, 0.15) is 6.04 Å². The van der Waals surface area contributed by atoms with Crippen LogP contribution in [-0.4, -0.2) is 40.6 Å². The first kappa shape index (κ1) is 19.6. The number of methoxy groups -OCH3 is 1. The van der Waals surface area contributed by atoms with E-state index in [0.29, 0.717) is 12.6 Å². The summed E-state index contributed by atoms with van der Waals surface area (Å²) < 4.78 is 12.3. The molecular weight excluding hydrogens is 438 g/mol. The molecule has 148 valence electrons. The van der Waals surface area contributed by atoms with Crippen LogP contribution in [0.3, 0.4) is 0 Å². The molecule has 2 aliphatic heterocycles. The Morgan fingerprint density at radius 1 is 1.29 bits per heavy atom. The molecule has 28 heavy (non-hydrogen) atoms. The topological polar surface area (TPSA) is 47.0 Å². The number of ether oxygens (including phenoxy) is 2. The predicted octanol–water partition coefficient (Wildman–Crippen LogP) is 5.23. The fourth-order valence-electron chi connectivity index (χ4n) is 3.93. The predicted molar refractivity (Wildman–Crippen MR) is 117 cm³/mol. The molecule has 1 saturated heterocycles. The van der Waals surface area contributed by atoms with Gasteiger partial charge in [-0.25, -0.2) is 0 Å². The molecule has 2 aliphatic rings. The molecule has 1 aromatic carbocycles. The number of pyridine rings is 1. The summed E-state index contributed by atoms with van der Waals surface area (Å²) in [6, 6.07) is 10.8. The fourth-order valence-corrected chi connectivity index (χ4v) is 5.89. The maximum absolute atomic E-state index is 5.88. The number of nitrogens with zero attached hydrogens (tertiary/aromatic N) is 3. The summed E-state index contributed by atoms with van der Waals surface area (Å²) in [5.41, 5.74) is 2.15. The lowest BCUT2D eigenvalue weighted by atomic mass is 9.95. The highest BCUT2D eigenvalue weighted by Gasteiger charge is 2.45. The van der Waals surface area contributed by atoms with Gasteiger partial charge in [0.15, 0.2) is 16.7 Å². The normalized spacial score (nSPS) is 23.5. The fraction of sp³-hybridized carbons (Fsp3) is 0.429. The van der Waals surface area contributed by atoms with Crippen LogP contribution in [-0.2, 0) is 0 Å². The molecule has 0 bridgehead atoms. The molecule has 0 spiro atoms. The van der Waals surface area contributed by atoms with Gasteiger partial charge in [0, 0.05) is 18.0 Å². The van der Waals surface area contributed by atoms with Gasteiger partial charge >= 0.3 is 0 Å². The van der Waals surface area contributed by atoms with Crippen LogP contribution in [0.5, 0.6) is 11.5 Å². The summed E-state index contributed by atoms with van der Waals surface area (Å²) in [6.45, 7) is 4.81. The molecule has 1 aromatic heterocycles. The van der Waals surface area contributed by atoms with Gasteiger partial charge in [0.2, 0.25) is 0 Å². The van der Waals surface area contributed by atoms with Gasteiger partial charge in [-0.05, 0) is 59.1 Å². The van der Waals surface area contributed by atoms with Crippen molar-refractivity contribution in [2.24, 2.45) is 4.99 Å². The molecule has 4 rings (SSSR count). The second kappa shape index (κ2) is 8.33. The van der Waals surface area contributed by atoms with Crippen molar-refractivity contribution in [1.82, 2.24) is 9.88 Å². The van der Waals surface area contributed by atoms with Crippen LogP contribution in [0.15, 0.2) is 46.0 Å². The first-order chi connectivity index (χ1) is 13.7. The Bertz CT molecular complexity index is 877. The van der Waals surface area contributed by atoms with Gasteiger partial charge in [-0.3, -0.25) is 9.98 Å². The molecule has 0 radical (unpaired) electrons. The minimum atomic E-state index is -0.0344. The Balaban J connectivity index is 1.82. The SMILES string of the molecule is CCOc1cc([C@@H]2[C@H](c3ccccn3)N=C3SC[C@@H](CC)N32)cc(Br)c1OC. The van der Waals surface area contributed by atoms with Crippen LogP contribution < -0.4 is 9.47 Å².